The highest BCUT2D eigenvalue weighted by atomic mass is 16.3. The molecule has 1 saturated heterocycles. The molecule has 0 saturated carbocycles. The van der Waals surface area contributed by atoms with Gasteiger partial charge in [-0.3, -0.25) is 0 Å². The summed E-state index contributed by atoms with van der Waals surface area (Å²) < 4.78 is 0. The molecule has 0 radical (unpaired) electrons. The molecule has 1 heterocycles. The van der Waals surface area contributed by atoms with Gasteiger partial charge in [-0.1, -0.05) is 13.0 Å². The molecule has 1 aliphatic heterocycles. The van der Waals surface area contributed by atoms with Gasteiger partial charge >= 0.3 is 0 Å². The predicted octanol–water partition coefficient (Wildman–Crippen LogP) is 2.30. The van der Waals surface area contributed by atoms with Crippen LogP contribution in [0.2, 0.25) is 0 Å². The summed E-state index contributed by atoms with van der Waals surface area (Å²) in [6.07, 6.45) is 3.58. The van der Waals surface area contributed by atoms with E-state index in [2.05, 4.69) is 24.9 Å². The number of phenolic OH excluding ortho intramolecular Hbond substituents is 1. The molecule has 1 unspecified atom stereocenters. The fraction of sp³-hybridized carbons (Fsp3) is 0.571. The van der Waals surface area contributed by atoms with E-state index in [0.29, 0.717) is 11.8 Å². The minimum absolute atomic E-state index is 0.281. The van der Waals surface area contributed by atoms with Crippen molar-refractivity contribution >= 4 is 0 Å². The van der Waals surface area contributed by atoms with Gasteiger partial charge in [0.1, 0.15) is 5.75 Å². The van der Waals surface area contributed by atoms with Gasteiger partial charge in [0.2, 0.25) is 0 Å². The van der Waals surface area contributed by atoms with Crippen molar-refractivity contribution < 1.29 is 5.11 Å². The smallest absolute Gasteiger partial charge is 0.115 e. The van der Waals surface area contributed by atoms with Crippen LogP contribution in [-0.4, -0.2) is 29.6 Å². The van der Waals surface area contributed by atoms with Crippen molar-refractivity contribution in [3.05, 3.63) is 29.3 Å². The van der Waals surface area contributed by atoms with Crippen LogP contribution >= 0.6 is 0 Å². The van der Waals surface area contributed by atoms with Crippen molar-refractivity contribution in [3.8, 4) is 5.75 Å². The Morgan fingerprint density at radius 3 is 3.06 bits per heavy atom. The molecule has 1 aromatic rings. The average molecular weight is 217 g/mol. The molecule has 1 fully saturated rings. The van der Waals surface area contributed by atoms with Crippen LogP contribution in [0.3, 0.4) is 0 Å². The Balaban J connectivity index is 2.11. The SMILES string of the molecule is CN1CC[C@]2(C)CC1Cc1ccc(O)cc12. The lowest BCUT2D eigenvalue weighted by Gasteiger charge is -2.48. The molecule has 16 heavy (non-hydrogen) atoms. The highest BCUT2D eigenvalue weighted by molar-refractivity contribution is 5.43. The number of hydrogen-bond acceptors (Lipinski definition) is 2. The van der Waals surface area contributed by atoms with E-state index in [-0.39, 0.29) is 5.41 Å². The molecule has 0 aromatic heterocycles. The number of likely N-dealkylation sites (N-methyl/N-ethyl adjacent to an activating group) is 1. The highest BCUT2D eigenvalue weighted by Gasteiger charge is 2.41. The number of phenols is 1. The second-order valence-electron chi connectivity index (χ2n) is 5.69. The van der Waals surface area contributed by atoms with Crippen LogP contribution in [0.5, 0.6) is 5.75 Å². The van der Waals surface area contributed by atoms with E-state index in [0.717, 1.165) is 6.42 Å². The summed E-state index contributed by atoms with van der Waals surface area (Å²) in [6, 6.07) is 6.60. The Morgan fingerprint density at radius 1 is 1.44 bits per heavy atom. The number of likely N-dealkylation sites (tertiary alicyclic amines) is 1. The molecular formula is C14H19NO. The number of hydrogen-bond donors (Lipinski definition) is 1. The third-order valence-electron chi connectivity index (χ3n) is 4.53. The summed E-state index contributed by atoms with van der Waals surface area (Å²) >= 11 is 0. The number of fused-ring (bicyclic) bond motifs is 4. The fourth-order valence-corrected chi connectivity index (χ4v) is 3.41. The zero-order valence-electron chi connectivity index (χ0n) is 10.0. The predicted molar refractivity (Wildman–Crippen MR) is 64.8 cm³/mol. The highest BCUT2D eigenvalue weighted by Crippen LogP contribution is 2.45. The van der Waals surface area contributed by atoms with Gasteiger partial charge in [-0.2, -0.15) is 0 Å². The summed E-state index contributed by atoms with van der Waals surface area (Å²) in [7, 11) is 2.23. The molecule has 1 N–H and O–H groups in total. The van der Waals surface area contributed by atoms with Crippen LogP contribution in [0.15, 0.2) is 18.2 Å². The number of benzene rings is 1. The maximum atomic E-state index is 9.64. The Bertz CT molecular complexity index is 429. The average Bonchev–Trinajstić information content (AvgIpc) is 2.26. The Kier molecular flexibility index (Phi) is 2.05. The third kappa shape index (κ3) is 1.36. The lowest BCUT2D eigenvalue weighted by molar-refractivity contribution is 0.113. The zero-order valence-corrected chi connectivity index (χ0v) is 10.0. The van der Waals surface area contributed by atoms with Crippen LogP contribution in [0, 0.1) is 0 Å². The van der Waals surface area contributed by atoms with E-state index in [1.807, 2.05) is 12.1 Å². The summed E-state index contributed by atoms with van der Waals surface area (Å²) in [5, 5.41) is 9.64. The van der Waals surface area contributed by atoms with E-state index in [1.54, 1.807) is 0 Å². The molecule has 1 aliphatic carbocycles. The molecule has 2 nitrogen and oxygen atoms in total. The van der Waals surface area contributed by atoms with Gasteiger partial charge in [0.05, 0.1) is 0 Å². The summed E-state index contributed by atoms with van der Waals surface area (Å²) in [6.45, 7) is 3.53. The van der Waals surface area contributed by atoms with Crippen LogP contribution < -0.4 is 0 Å². The Labute approximate surface area is 96.9 Å². The molecule has 1 aromatic carbocycles. The van der Waals surface area contributed by atoms with Gasteiger partial charge in [0.15, 0.2) is 0 Å². The molecule has 2 aliphatic rings. The Morgan fingerprint density at radius 2 is 2.25 bits per heavy atom. The van der Waals surface area contributed by atoms with Gasteiger partial charge in [-0.15, -0.1) is 0 Å². The minimum Gasteiger partial charge on any atom is -0.508 e. The topological polar surface area (TPSA) is 23.5 Å². The lowest BCUT2D eigenvalue weighted by Crippen LogP contribution is -2.50. The van der Waals surface area contributed by atoms with Crippen LogP contribution in [0.1, 0.15) is 30.9 Å². The van der Waals surface area contributed by atoms with E-state index in [1.165, 1.54) is 30.5 Å². The van der Waals surface area contributed by atoms with Crippen molar-refractivity contribution in [3.63, 3.8) is 0 Å². The maximum absolute atomic E-state index is 9.64. The van der Waals surface area contributed by atoms with Crippen LogP contribution in [0.25, 0.3) is 0 Å². The van der Waals surface area contributed by atoms with E-state index in [9.17, 15) is 5.11 Å². The fourth-order valence-electron chi connectivity index (χ4n) is 3.41. The first-order chi connectivity index (χ1) is 7.58. The number of nitrogens with zero attached hydrogens (tertiary/aromatic N) is 1. The second-order valence-corrected chi connectivity index (χ2v) is 5.69. The molecule has 0 amide bonds. The molecule has 2 bridgehead atoms. The van der Waals surface area contributed by atoms with Crippen LogP contribution in [-0.2, 0) is 11.8 Å². The van der Waals surface area contributed by atoms with E-state index >= 15 is 0 Å². The lowest BCUT2D eigenvalue weighted by atomic mass is 9.65. The summed E-state index contributed by atoms with van der Waals surface area (Å²) in [4.78, 5) is 2.48. The van der Waals surface area contributed by atoms with Gasteiger partial charge < -0.3 is 10.0 Å². The number of aromatic hydroxyl groups is 1. The van der Waals surface area contributed by atoms with Gasteiger partial charge in [-0.25, -0.2) is 0 Å². The summed E-state index contributed by atoms with van der Waals surface area (Å²) in [5.74, 6) is 0.414. The van der Waals surface area contributed by atoms with Crippen molar-refractivity contribution in [2.24, 2.45) is 0 Å². The number of piperidine rings is 1. The van der Waals surface area contributed by atoms with Crippen molar-refractivity contribution in [2.45, 2.75) is 37.6 Å². The Hall–Kier alpha value is -1.02. The van der Waals surface area contributed by atoms with E-state index in [4.69, 9.17) is 0 Å². The maximum Gasteiger partial charge on any atom is 0.115 e. The first-order valence-electron chi connectivity index (χ1n) is 6.11. The molecule has 2 atom stereocenters. The van der Waals surface area contributed by atoms with Crippen molar-refractivity contribution in [1.82, 2.24) is 4.90 Å². The van der Waals surface area contributed by atoms with E-state index < -0.39 is 0 Å². The monoisotopic (exact) mass is 217 g/mol. The third-order valence-corrected chi connectivity index (χ3v) is 4.53. The second kappa shape index (κ2) is 3.24. The van der Waals surface area contributed by atoms with Crippen molar-refractivity contribution in [2.75, 3.05) is 13.6 Å². The quantitative estimate of drug-likeness (QED) is 0.721. The molecular weight excluding hydrogens is 198 g/mol. The van der Waals surface area contributed by atoms with Gasteiger partial charge in [-0.05, 0) is 61.5 Å². The first kappa shape index (κ1) is 10.2. The number of rotatable bonds is 0. The molecule has 0 spiro atoms. The molecule has 2 heteroatoms. The summed E-state index contributed by atoms with van der Waals surface area (Å²) in [5.41, 5.74) is 3.10. The normalized spacial score (nSPS) is 33.5. The van der Waals surface area contributed by atoms with Gasteiger partial charge in [0.25, 0.3) is 0 Å². The minimum atomic E-state index is 0.281. The standard InChI is InChI=1S/C14H19NO/c1-14-5-6-15(2)11(9-14)7-10-3-4-12(16)8-13(10)14/h3-4,8,11,16H,5-7,9H2,1-2H3/t11?,14-/m1/s1. The van der Waals surface area contributed by atoms with Gasteiger partial charge in [0, 0.05) is 6.04 Å². The molecule has 3 rings (SSSR count). The van der Waals surface area contributed by atoms with Crippen LogP contribution in [0.4, 0.5) is 0 Å². The van der Waals surface area contributed by atoms with Crippen molar-refractivity contribution in [1.29, 1.82) is 0 Å². The first-order valence-corrected chi connectivity index (χ1v) is 6.11. The molecule has 86 valence electrons. The largest absolute Gasteiger partial charge is 0.508 e. The zero-order chi connectivity index (χ0) is 11.3.